The van der Waals surface area contributed by atoms with Crippen molar-refractivity contribution >= 4 is 17.5 Å². The first-order chi connectivity index (χ1) is 14.3. The quantitative estimate of drug-likeness (QED) is 0.822. The smallest absolute Gasteiger partial charge is 0.381 e. The second-order valence-electron chi connectivity index (χ2n) is 7.72. The van der Waals surface area contributed by atoms with Gasteiger partial charge in [0.05, 0.1) is 19.1 Å². The molecule has 0 bridgehead atoms. The van der Waals surface area contributed by atoms with Crippen LogP contribution in [0.4, 0.5) is 24.8 Å². The number of aryl methyl sites for hydroxylation is 1. The number of nitrogens with one attached hydrogen (secondary N) is 1. The minimum Gasteiger partial charge on any atom is -0.381 e. The molecule has 0 saturated carbocycles. The predicted molar refractivity (Wildman–Crippen MR) is 105 cm³/mol. The van der Waals surface area contributed by atoms with E-state index >= 15 is 0 Å². The van der Waals surface area contributed by atoms with E-state index in [1.165, 1.54) is 0 Å². The number of ether oxygens (including phenoxy) is 1. The number of carbonyl (C=O) groups excluding carboxylic acids is 1. The summed E-state index contributed by atoms with van der Waals surface area (Å²) in [6.07, 6.45) is -0.931. The normalized spacial score (nSPS) is 19.9. The number of alkyl halides is 3. The molecule has 1 N–H and O–H groups in total. The number of fused-ring (bicyclic) bond motifs is 1. The van der Waals surface area contributed by atoms with Crippen LogP contribution >= 0.6 is 0 Å². The molecule has 2 aromatic heterocycles. The molecule has 1 atom stereocenters. The predicted octanol–water partition coefficient (Wildman–Crippen LogP) is 2.96. The van der Waals surface area contributed by atoms with Gasteiger partial charge in [0, 0.05) is 50.1 Å². The maximum atomic E-state index is 13.3. The molecule has 1 amide bonds. The number of hydrogen-bond acceptors (Lipinski definition) is 5. The molecule has 2 aliphatic heterocycles. The molecule has 1 saturated heterocycles. The highest BCUT2D eigenvalue weighted by atomic mass is 19.4. The van der Waals surface area contributed by atoms with Gasteiger partial charge in [0.15, 0.2) is 5.82 Å². The molecule has 10 heteroatoms. The van der Waals surface area contributed by atoms with Gasteiger partial charge in [-0.1, -0.05) is 0 Å². The van der Waals surface area contributed by atoms with Crippen molar-refractivity contribution in [3.63, 3.8) is 0 Å². The van der Waals surface area contributed by atoms with Crippen LogP contribution in [0.5, 0.6) is 0 Å². The molecule has 1 unspecified atom stereocenters. The largest absolute Gasteiger partial charge is 0.393 e. The van der Waals surface area contributed by atoms with Gasteiger partial charge in [0.25, 0.3) is 5.91 Å². The molecular weight excluding hydrogens is 399 g/mol. The number of anilines is 2. The van der Waals surface area contributed by atoms with Crippen molar-refractivity contribution in [2.75, 3.05) is 36.5 Å². The molecule has 4 rings (SSSR count). The van der Waals surface area contributed by atoms with Crippen LogP contribution in [0.1, 0.15) is 34.5 Å². The highest BCUT2D eigenvalue weighted by Crippen LogP contribution is 2.35. The van der Waals surface area contributed by atoms with E-state index in [0.29, 0.717) is 61.9 Å². The Balaban J connectivity index is 1.67. The minimum atomic E-state index is -4.24. The third-order valence-electron chi connectivity index (χ3n) is 5.58. The Morgan fingerprint density at radius 3 is 2.83 bits per heavy atom. The van der Waals surface area contributed by atoms with Crippen LogP contribution in [-0.4, -0.2) is 53.2 Å². The van der Waals surface area contributed by atoms with Gasteiger partial charge in [-0.2, -0.15) is 18.3 Å². The number of nitrogens with zero attached hydrogens (tertiary/aromatic N) is 4. The minimum absolute atomic E-state index is 0.117. The number of pyridine rings is 1. The van der Waals surface area contributed by atoms with Crippen LogP contribution in [-0.2, 0) is 24.6 Å². The summed E-state index contributed by atoms with van der Waals surface area (Å²) >= 11 is 0. The van der Waals surface area contributed by atoms with E-state index in [0.717, 1.165) is 5.56 Å². The van der Waals surface area contributed by atoms with Crippen molar-refractivity contribution in [2.24, 2.45) is 13.0 Å². The van der Waals surface area contributed by atoms with E-state index in [2.05, 4.69) is 15.4 Å². The lowest BCUT2D eigenvalue weighted by Gasteiger charge is -2.35. The summed E-state index contributed by atoms with van der Waals surface area (Å²) < 4.78 is 46.9. The third kappa shape index (κ3) is 4.43. The summed E-state index contributed by atoms with van der Waals surface area (Å²) in [4.78, 5) is 19.3. The molecule has 162 valence electrons. The maximum Gasteiger partial charge on any atom is 0.393 e. The van der Waals surface area contributed by atoms with E-state index in [4.69, 9.17) is 4.74 Å². The van der Waals surface area contributed by atoms with Gasteiger partial charge in [-0.25, -0.2) is 4.98 Å². The van der Waals surface area contributed by atoms with Crippen molar-refractivity contribution in [3.05, 3.63) is 35.2 Å². The number of piperidine rings is 1. The number of aromatic nitrogens is 3. The van der Waals surface area contributed by atoms with E-state index in [-0.39, 0.29) is 18.9 Å². The molecule has 2 aliphatic rings. The van der Waals surface area contributed by atoms with Crippen LogP contribution in [0.15, 0.2) is 18.3 Å². The molecule has 0 radical (unpaired) electrons. The van der Waals surface area contributed by atoms with E-state index in [9.17, 15) is 18.0 Å². The van der Waals surface area contributed by atoms with Gasteiger partial charge < -0.3 is 15.0 Å². The number of carbonyl (C=O) groups is 1. The summed E-state index contributed by atoms with van der Waals surface area (Å²) in [5.74, 6) is -0.911. The van der Waals surface area contributed by atoms with Crippen molar-refractivity contribution in [1.82, 2.24) is 14.8 Å². The Kier molecular flexibility index (Phi) is 5.68. The third-order valence-corrected chi connectivity index (χ3v) is 5.58. The van der Waals surface area contributed by atoms with Gasteiger partial charge in [-0.15, -0.1) is 0 Å². The van der Waals surface area contributed by atoms with Gasteiger partial charge in [0.2, 0.25) is 0 Å². The zero-order chi connectivity index (χ0) is 21.3. The van der Waals surface area contributed by atoms with Crippen molar-refractivity contribution in [2.45, 2.75) is 31.9 Å². The van der Waals surface area contributed by atoms with Crippen molar-refractivity contribution in [3.8, 4) is 0 Å². The van der Waals surface area contributed by atoms with Crippen LogP contribution in [0, 0.1) is 5.92 Å². The molecule has 1 fully saturated rings. The van der Waals surface area contributed by atoms with Gasteiger partial charge in [0.1, 0.15) is 5.82 Å². The summed E-state index contributed by atoms with van der Waals surface area (Å²) in [6, 6.07) is 3.29. The molecule has 7 nitrogen and oxygen atoms in total. The second-order valence-corrected chi connectivity index (χ2v) is 7.72. The molecule has 30 heavy (non-hydrogen) atoms. The Bertz CT molecular complexity index is 928. The highest BCUT2D eigenvalue weighted by Gasteiger charge is 2.42. The Labute approximate surface area is 172 Å². The standard InChI is InChI=1S/C20H24F3N5O2/c1-27-8-4-17(26-27)25-19(29)15-11-18(24-16-6-10-30-9-5-14(15)16)28-7-2-3-13(12-28)20(21,22)23/h4,8,11,13H,2-3,5-7,9-10,12H2,1H3,(H,25,26,29). The Morgan fingerprint density at radius 1 is 1.30 bits per heavy atom. The first kappa shape index (κ1) is 20.6. The Hall–Kier alpha value is -2.62. The lowest BCUT2D eigenvalue weighted by atomic mass is 9.96. The van der Waals surface area contributed by atoms with E-state index in [1.807, 2.05) is 0 Å². The average molecular weight is 423 g/mol. The number of hydrogen-bond donors (Lipinski definition) is 1. The van der Waals surface area contributed by atoms with Crippen molar-refractivity contribution in [1.29, 1.82) is 0 Å². The first-order valence-electron chi connectivity index (χ1n) is 10.0. The lowest BCUT2D eigenvalue weighted by molar-refractivity contribution is -0.176. The zero-order valence-corrected chi connectivity index (χ0v) is 16.7. The SMILES string of the molecule is Cn1ccc(NC(=O)c2cc(N3CCCC(C(F)(F)F)C3)nc3c2CCOCC3)n1. The average Bonchev–Trinajstić information content (AvgIpc) is 2.97. The number of amides is 1. The molecule has 0 aliphatic carbocycles. The summed E-state index contributed by atoms with van der Waals surface area (Å²) in [6.45, 7) is 1.27. The fourth-order valence-electron chi connectivity index (χ4n) is 4.02. The second kappa shape index (κ2) is 8.25. The molecule has 0 aromatic carbocycles. The zero-order valence-electron chi connectivity index (χ0n) is 16.7. The lowest BCUT2D eigenvalue weighted by Crippen LogP contribution is -2.42. The highest BCUT2D eigenvalue weighted by molar-refractivity contribution is 6.05. The monoisotopic (exact) mass is 423 g/mol. The van der Waals surface area contributed by atoms with E-state index in [1.54, 1.807) is 35.0 Å². The van der Waals surface area contributed by atoms with Crippen molar-refractivity contribution < 1.29 is 22.7 Å². The van der Waals surface area contributed by atoms with E-state index < -0.39 is 12.1 Å². The molecule has 4 heterocycles. The summed E-state index contributed by atoms with van der Waals surface area (Å²) in [5.41, 5.74) is 1.92. The van der Waals surface area contributed by atoms with Crippen LogP contribution in [0.25, 0.3) is 0 Å². The fourth-order valence-corrected chi connectivity index (χ4v) is 4.02. The van der Waals surface area contributed by atoms with Gasteiger partial charge >= 0.3 is 6.18 Å². The fraction of sp³-hybridized carbons (Fsp3) is 0.550. The maximum absolute atomic E-state index is 13.3. The summed E-state index contributed by atoms with van der Waals surface area (Å²) in [5, 5.41) is 6.94. The molecule has 2 aromatic rings. The first-order valence-corrected chi connectivity index (χ1v) is 10.0. The van der Waals surface area contributed by atoms with Crippen LogP contribution < -0.4 is 10.2 Å². The number of rotatable bonds is 3. The van der Waals surface area contributed by atoms with Crippen LogP contribution in [0.2, 0.25) is 0 Å². The Morgan fingerprint density at radius 2 is 2.10 bits per heavy atom. The van der Waals surface area contributed by atoms with Gasteiger partial charge in [-0.3, -0.25) is 9.48 Å². The topological polar surface area (TPSA) is 72.3 Å². The van der Waals surface area contributed by atoms with Crippen LogP contribution in [0.3, 0.4) is 0 Å². The summed E-state index contributed by atoms with van der Waals surface area (Å²) in [7, 11) is 1.75. The number of halogens is 3. The van der Waals surface area contributed by atoms with Gasteiger partial charge in [-0.05, 0) is 30.9 Å². The molecular formula is C20H24F3N5O2. The molecule has 0 spiro atoms.